The van der Waals surface area contributed by atoms with Crippen LogP contribution >= 0.6 is 7.82 Å². The van der Waals surface area contributed by atoms with Crippen molar-refractivity contribution in [3.63, 3.8) is 0 Å². The molecule has 0 aliphatic rings. The zero-order valence-electron chi connectivity index (χ0n) is 32.5. The molecule has 2 unspecified atom stereocenters. The standard InChI is InChI=1S/C40H70NO11P/c1-3-5-7-9-11-13-14-16-18-22-27-31-39(44)52-36(33-50-53(47,48)51-34-37(41)40(45)46)32-49-38(43)30-26-23-19-21-25-29-35(42)28-24-20-17-15-12-10-8-6-4-2/h12,15,19-21,24-25,29,35-37,42H,3-11,13-14,16-18,22-23,26-28,30-34,41H2,1-2H3,(H,45,46)(H,47,48)/b15-12-,21-19+,24-20-,29-25-/t35?,36-,37+/m1/s1. The lowest BCUT2D eigenvalue weighted by atomic mass is 10.1. The van der Waals surface area contributed by atoms with Crippen molar-refractivity contribution in [3.8, 4) is 0 Å². The zero-order valence-corrected chi connectivity index (χ0v) is 33.3. The van der Waals surface area contributed by atoms with Gasteiger partial charge in [0.15, 0.2) is 6.10 Å². The normalized spacial score (nSPS) is 15.0. The molecule has 5 N–H and O–H groups in total. The Kier molecular flexibility index (Phi) is 33.4. The smallest absolute Gasteiger partial charge is 0.472 e. The summed E-state index contributed by atoms with van der Waals surface area (Å²) in [6.45, 7) is 2.59. The molecule has 0 saturated heterocycles. The van der Waals surface area contributed by atoms with Crippen LogP contribution in [0, 0.1) is 0 Å². The van der Waals surface area contributed by atoms with Crippen LogP contribution in [0.5, 0.6) is 0 Å². The Labute approximate surface area is 318 Å². The summed E-state index contributed by atoms with van der Waals surface area (Å²) < 4.78 is 32.4. The number of esters is 2. The largest absolute Gasteiger partial charge is 0.480 e. The Morgan fingerprint density at radius 1 is 0.679 bits per heavy atom. The van der Waals surface area contributed by atoms with Crippen molar-refractivity contribution < 1.29 is 52.6 Å². The van der Waals surface area contributed by atoms with Gasteiger partial charge in [-0.3, -0.25) is 23.4 Å². The second-order valence-corrected chi connectivity index (χ2v) is 14.7. The number of carbonyl (C=O) groups is 3. The van der Waals surface area contributed by atoms with Crippen LogP contribution in [0.25, 0.3) is 0 Å². The molecule has 0 aliphatic heterocycles. The minimum Gasteiger partial charge on any atom is -0.480 e. The van der Waals surface area contributed by atoms with Crippen molar-refractivity contribution in [2.45, 2.75) is 167 Å². The van der Waals surface area contributed by atoms with Crippen molar-refractivity contribution in [1.82, 2.24) is 0 Å². The lowest BCUT2D eigenvalue weighted by Gasteiger charge is -2.20. The minimum absolute atomic E-state index is 0.0868. The molecule has 0 saturated carbocycles. The van der Waals surface area contributed by atoms with Gasteiger partial charge < -0.3 is 30.3 Å². The first-order chi connectivity index (χ1) is 25.5. The number of rotatable bonds is 36. The number of ether oxygens (including phenoxy) is 2. The fraction of sp³-hybridized carbons (Fsp3) is 0.725. The molecule has 0 aromatic heterocycles. The van der Waals surface area contributed by atoms with Gasteiger partial charge in [0.1, 0.15) is 12.6 Å². The Hall–Kier alpha value is -2.60. The average Bonchev–Trinajstić information content (AvgIpc) is 3.12. The molecule has 0 bridgehead atoms. The average molecular weight is 772 g/mol. The fourth-order valence-electron chi connectivity index (χ4n) is 4.96. The highest BCUT2D eigenvalue weighted by Crippen LogP contribution is 2.43. The summed E-state index contributed by atoms with van der Waals surface area (Å²) in [6.07, 6.45) is 33.6. The summed E-state index contributed by atoms with van der Waals surface area (Å²) in [5.74, 6) is -2.53. The zero-order chi connectivity index (χ0) is 39.4. The number of hydrogen-bond acceptors (Lipinski definition) is 10. The van der Waals surface area contributed by atoms with Crippen LogP contribution in [0.4, 0.5) is 0 Å². The quantitative estimate of drug-likeness (QED) is 0.0156. The van der Waals surface area contributed by atoms with Gasteiger partial charge in [0.25, 0.3) is 0 Å². The molecule has 12 nitrogen and oxygen atoms in total. The summed E-state index contributed by atoms with van der Waals surface area (Å²) in [5, 5.41) is 19.0. The van der Waals surface area contributed by atoms with Gasteiger partial charge >= 0.3 is 25.7 Å². The number of hydrogen-bond donors (Lipinski definition) is 4. The number of unbranched alkanes of at least 4 members (excludes halogenated alkanes) is 14. The molecule has 0 aromatic carbocycles. The van der Waals surface area contributed by atoms with E-state index in [0.717, 1.165) is 32.1 Å². The van der Waals surface area contributed by atoms with E-state index < -0.39 is 63.8 Å². The monoisotopic (exact) mass is 771 g/mol. The van der Waals surface area contributed by atoms with Crippen LogP contribution < -0.4 is 5.73 Å². The highest BCUT2D eigenvalue weighted by molar-refractivity contribution is 7.47. The Morgan fingerprint density at radius 2 is 1.25 bits per heavy atom. The van der Waals surface area contributed by atoms with Gasteiger partial charge in [-0.15, -0.1) is 0 Å². The van der Waals surface area contributed by atoms with E-state index in [1.165, 1.54) is 64.2 Å². The first-order valence-corrected chi connectivity index (χ1v) is 21.3. The maximum absolute atomic E-state index is 12.5. The van der Waals surface area contributed by atoms with Crippen molar-refractivity contribution >= 4 is 25.7 Å². The molecular formula is C40H70NO11P. The molecule has 0 amide bonds. The van der Waals surface area contributed by atoms with E-state index in [-0.39, 0.29) is 12.8 Å². The second-order valence-electron chi connectivity index (χ2n) is 13.3. The number of aliphatic carboxylic acids is 1. The van der Waals surface area contributed by atoms with Gasteiger partial charge in [0.05, 0.1) is 19.3 Å². The summed E-state index contributed by atoms with van der Waals surface area (Å²) >= 11 is 0. The van der Waals surface area contributed by atoms with Gasteiger partial charge in [0.2, 0.25) is 0 Å². The Morgan fingerprint density at radius 3 is 1.91 bits per heavy atom. The van der Waals surface area contributed by atoms with E-state index in [1.54, 1.807) is 18.2 Å². The third kappa shape index (κ3) is 34.9. The number of allylic oxidation sites excluding steroid dienone is 6. The van der Waals surface area contributed by atoms with Gasteiger partial charge in [-0.25, -0.2) is 4.57 Å². The molecule has 4 atom stereocenters. The molecule has 53 heavy (non-hydrogen) atoms. The van der Waals surface area contributed by atoms with Crippen LogP contribution in [0.1, 0.15) is 149 Å². The SMILES string of the molecule is CCCCC/C=C\C/C=C\CC(O)/C=C\C=C\CCCC(=O)OC[C@H](COP(=O)(O)OC[C@H](N)C(=O)O)OC(=O)CCCCCCCCCCCCC. The topological polar surface area (TPSA) is 192 Å². The third-order valence-corrected chi connectivity index (χ3v) is 9.11. The highest BCUT2D eigenvalue weighted by atomic mass is 31.2. The number of carbonyl (C=O) groups excluding carboxylic acids is 2. The number of phosphoric acid groups is 1. The summed E-state index contributed by atoms with van der Waals surface area (Å²) in [7, 11) is -4.74. The first kappa shape index (κ1) is 50.4. The van der Waals surface area contributed by atoms with E-state index in [4.69, 9.17) is 24.8 Å². The fourth-order valence-corrected chi connectivity index (χ4v) is 5.74. The number of aliphatic hydroxyl groups excluding tert-OH is 1. The third-order valence-electron chi connectivity index (χ3n) is 8.16. The number of carboxylic acids is 1. The van der Waals surface area contributed by atoms with Crippen molar-refractivity contribution in [2.24, 2.45) is 5.73 Å². The maximum atomic E-state index is 12.5. The summed E-state index contributed by atoms with van der Waals surface area (Å²) in [5.41, 5.74) is 5.31. The highest BCUT2D eigenvalue weighted by Gasteiger charge is 2.28. The molecule has 0 aliphatic carbocycles. The van der Waals surface area contributed by atoms with Crippen LogP contribution in [0.2, 0.25) is 0 Å². The van der Waals surface area contributed by atoms with E-state index in [0.29, 0.717) is 25.7 Å². The number of nitrogens with two attached hydrogens (primary N) is 1. The minimum atomic E-state index is -4.74. The lowest BCUT2D eigenvalue weighted by molar-refractivity contribution is -0.161. The van der Waals surface area contributed by atoms with Crippen LogP contribution in [-0.4, -0.2) is 71.1 Å². The van der Waals surface area contributed by atoms with Gasteiger partial charge in [0, 0.05) is 12.8 Å². The molecule has 0 heterocycles. The van der Waals surface area contributed by atoms with Crippen LogP contribution in [-0.2, 0) is 37.5 Å². The maximum Gasteiger partial charge on any atom is 0.472 e. The van der Waals surface area contributed by atoms with Crippen molar-refractivity contribution in [1.29, 1.82) is 0 Å². The van der Waals surface area contributed by atoms with Crippen molar-refractivity contribution in [3.05, 3.63) is 48.6 Å². The van der Waals surface area contributed by atoms with E-state index in [9.17, 15) is 28.9 Å². The Bertz CT molecular complexity index is 1110. The van der Waals surface area contributed by atoms with E-state index in [2.05, 4.69) is 30.5 Å². The predicted octanol–water partition coefficient (Wildman–Crippen LogP) is 8.80. The summed E-state index contributed by atoms with van der Waals surface area (Å²) in [6, 6.07) is -1.54. The van der Waals surface area contributed by atoms with Gasteiger partial charge in [-0.2, -0.15) is 0 Å². The summed E-state index contributed by atoms with van der Waals surface area (Å²) in [4.78, 5) is 45.7. The lowest BCUT2D eigenvalue weighted by Crippen LogP contribution is -2.34. The van der Waals surface area contributed by atoms with Gasteiger partial charge in [-0.05, 0) is 44.9 Å². The number of aliphatic hydroxyl groups is 1. The van der Waals surface area contributed by atoms with Crippen LogP contribution in [0.15, 0.2) is 48.6 Å². The second kappa shape index (κ2) is 35.1. The van der Waals surface area contributed by atoms with Crippen LogP contribution in [0.3, 0.4) is 0 Å². The van der Waals surface area contributed by atoms with Gasteiger partial charge in [-0.1, -0.05) is 140 Å². The number of carboxylic acid groups (broad SMARTS) is 1. The van der Waals surface area contributed by atoms with E-state index >= 15 is 0 Å². The molecule has 0 radical (unpaired) electrons. The van der Waals surface area contributed by atoms with E-state index in [1.807, 2.05) is 18.2 Å². The molecule has 0 rings (SSSR count). The Balaban J connectivity index is 4.59. The molecular weight excluding hydrogens is 701 g/mol. The predicted molar refractivity (Wildman–Crippen MR) is 209 cm³/mol. The molecule has 306 valence electrons. The molecule has 0 fully saturated rings. The molecule has 0 aromatic rings. The first-order valence-electron chi connectivity index (χ1n) is 19.8. The molecule has 0 spiro atoms. The number of phosphoric ester groups is 1. The van der Waals surface area contributed by atoms with Crippen molar-refractivity contribution in [2.75, 3.05) is 19.8 Å². The molecule has 13 heteroatoms.